The number of aromatic nitrogens is 1. The molecule has 3 N–H and O–H groups in total. The van der Waals surface area contributed by atoms with Gasteiger partial charge in [0.05, 0.1) is 16.3 Å². The molecule has 10 nitrogen and oxygen atoms in total. The first-order chi connectivity index (χ1) is 15.3. The fraction of sp³-hybridized carbons (Fsp3) is 0.143. The summed E-state index contributed by atoms with van der Waals surface area (Å²) in [6, 6.07) is 13.0. The van der Waals surface area contributed by atoms with Gasteiger partial charge in [-0.3, -0.25) is 30.0 Å². The number of carbonyl (C=O) groups is 2. The fourth-order valence-electron chi connectivity index (χ4n) is 3.29. The van der Waals surface area contributed by atoms with Gasteiger partial charge in [-0.25, -0.2) is 4.98 Å². The molecule has 1 atom stereocenters. The van der Waals surface area contributed by atoms with E-state index < -0.39 is 22.8 Å². The molecule has 0 aliphatic carbocycles. The quantitative estimate of drug-likeness (QED) is 0.436. The van der Waals surface area contributed by atoms with E-state index in [9.17, 15) is 19.7 Å². The summed E-state index contributed by atoms with van der Waals surface area (Å²) in [5.41, 5.74) is 7.93. The van der Waals surface area contributed by atoms with Gasteiger partial charge in [0, 0.05) is 29.0 Å². The van der Waals surface area contributed by atoms with Crippen LogP contribution < -0.4 is 16.1 Å². The lowest BCUT2D eigenvalue weighted by molar-refractivity contribution is -0.385. The number of primary amides is 1. The number of amides is 2. The van der Waals surface area contributed by atoms with Crippen LogP contribution in [0.2, 0.25) is 0 Å². The number of hydrogen-bond donors (Lipinski definition) is 2. The van der Waals surface area contributed by atoms with Gasteiger partial charge >= 0.3 is 0 Å². The van der Waals surface area contributed by atoms with Crippen molar-refractivity contribution in [1.82, 2.24) is 4.98 Å². The lowest BCUT2D eigenvalue weighted by Crippen LogP contribution is -2.39. The van der Waals surface area contributed by atoms with Gasteiger partial charge in [-0.1, -0.05) is 30.3 Å². The Hall–Kier alpha value is -4.12. The molecule has 0 fully saturated rings. The summed E-state index contributed by atoms with van der Waals surface area (Å²) in [6.07, 6.45) is 0.0679. The van der Waals surface area contributed by atoms with Crippen molar-refractivity contribution < 1.29 is 14.5 Å². The zero-order valence-electron chi connectivity index (χ0n) is 16.9. The normalized spacial score (nSPS) is 15.3. The molecule has 0 saturated heterocycles. The number of nitrogens with zero attached hydrogens (tertiary/aromatic N) is 4. The second kappa shape index (κ2) is 8.55. The number of hydrazone groups is 1. The van der Waals surface area contributed by atoms with Crippen molar-refractivity contribution in [2.75, 3.05) is 10.3 Å². The molecule has 2 aromatic carbocycles. The molecule has 4 rings (SSSR count). The van der Waals surface area contributed by atoms with Gasteiger partial charge in [0.2, 0.25) is 5.91 Å². The molecule has 0 radical (unpaired) electrons. The maximum Gasteiger partial charge on any atom is 0.273 e. The van der Waals surface area contributed by atoms with Crippen LogP contribution in [0.4, 0.5) is 16.5 Å². The second-order valence-electron chi connectivity index (χ2n) is 7.10. The standard InChI is InChI=1S/C21H18N6O4S/c1-12-7-8-13(9-17(12)27(30)31)16-11-32-21(23-16)24-20(29)15-10-18(19(22)28)26(25-15)14-5-3-2-4-6-14/h2-9,11,18H,10H2,1H3,(H2,22,28)(H,23,24,29). The molecule has 0 bridgehead atoms. The Bertz CT molecular complexity index is 1240. The first-order valence-electron chi connectivity index (χ1n) is 9.57. The van der Waals surface area contributed by atoms with Crippen molar-refractivity contribution in [1.29, 1.82) is 0 Å². The molecule has 1 aliphatic heterocycles. The largest absolute Gasteiger partial charge is 0.368 e. The van der Waals surface area contributed by atoms with Crippen molar-refractivity contribution >= 4 is 45.4 Å². The fourth-order valence-corrected chi connectivity index (χ4v) is 4.00. The summed E-state index contributed by atoms with van der Waals surface area (Å²) in [5, 5.41) is 21.6. The Morgan fingerprint density at radius 1 is 1.25 bits per heavy atom. The lowest BCUT2D eigenvalue weighted by Gasteiger charge is -2.20. The van der Waals surface area contributed by atoms with E-state index in [4.69, 9.17) is 5.73 Å². The number of aryl methyl sites for hydroxylation is 1. The summed E-state index contributed by atoms with van der Waals surface area (Å²) in [5.74, 6) is -1.08. The van der Waals surface area contributed by atoms with Gasteiger partial charge in [0.15, 0.2) is 5.13 Å². The summed E-state index contributed by atoms with van der Waals surface area (Å²) >= 11 is 1.18. The van der Waals surface area contributed by atoms with Crippen molar-refractivity contribution in [3.05, 3.63) is 69.6 Å². The Morgan fingerprint density at radius 2 is 2.00 bits per heavy atom. The highest BCUT2D eigenvalue weighted by Crippen LogP contribution is 2.30. The second-order valence-corrected chi connectivity index (χ2v) is 7.96. The third kappa shape index (κ3) is 4.18. The Kier molecular flexibility index (Phi) is 5.65. The summed E-state index contributed by atoms with van der Waals surface area (Å²) in [6.45, 7) is 1.66. The number of thiazole rings is 1. The van der Waals surface area contributed by atoms with E-state index in [2.05, 4.69) is 15.4 Å². The minimum Gasteiger partial charge on any atom is -0.368 e. The van der Waals surface area contributed by atoms with E-state index in [0.29, 0.717) is 27.6 Å². The molecule has 2 amide bonds. The number of para-hydroxylation sites is 1. The van der Waals surface area contributed by atoms with Crippen LogP contribution >= 0.6 is 11.3 Å². The number of hydrogen-bond acceptors (Lipinski definition) is 8. The first-order valence-corrected chi connectivity index (χ1v) is 10.4. The van der Waals surface area contributed by atoms with Crippen LogP contribution in [0.3, 0.4) is 0 Å². The summed E-state index contributed by atoms with van der Waals surface area (Å²) < 4.78 is 0. The topological polar surface area (TPSA) is 144 Å². The molecule has 32 heavy (non-hydrogen) atoms. The van der Waals surface area contributed by atoms with E-state index in [1.54, 1.807) is 48.7 Å². The van der Waals surface area contributed by atoms with E-state index in [1.807, 2.05) is 6.07 Å². The molecule has 0 spiro atoms. The van der Waals surface area contributed by atoms with Gasteiger partial charge < -0.3 is 5.73 Å². The third-order valence-electron chi connectivity index (χ3n) is 4.95. The number of nitrogens with two attached hydrogens (primary N) is 1. The van der Waals surface area contributed by atoms with Crippen LogP contribution in [0.5, 0.6) is 0 Å². The van der Waals surface area contributed by atoms with E-state index in [-0.39, 0.29) is 17.8 Å². The predicted molar refractivity (Wildman–Crippen MR) is 122 cm³/mol. The van der Waals surface area contributed by atoms with Crippen LogP contribution in [0, 0.1) is 17.0 Å². The minimum absolute atomic E-state index is 0.0000985. The maximum absolute atomic E-state index is 12.8. The van der Waals surface area contributed by atoms with Crippen molar-refractivity contribution in [2.45, 2.75) is 19.4 Å². The van der Waals surface area contributed by atoms with Crippen LogP contribution in [0.1, 0.15) is 12.0 Å². The first kappa shape index (κ1) is 21.1. The number of nitro benzene ring substituents is 1. The number of anilines is 2. The molecule has 2 heterocycles. The summed E-state index contributed by atoms with van der Waals surface area (Å²) in [4.78, 5) is 39.7. The van der Waals surface area contributed by atoms with Crippen LogP contribution in [-0.2, 0) is 9.59 Å². The molecule has 1 aliphatic rings. The number of benzene rings is 2. The van der Waals surface area contributed by atoms with E-state index in [1.165, 1.54) is 22.4 Å². The summed E-state index contributed by atoms with van der Waals surface area (Å²) in [7, 11) is 0. The van der Waals surface area contributed by atoms with Gasteiger partial charge in [-0.2, -0.15) is 5.10 Å². The number of nitro groups is 1. The van der Waals surface area contributed by atoms with Crippen molar-refractivity contribution in [3.63, 3.8) is 0 Å². The monoisotopic (exact) mass is 450 g/mol. The maximum atomic E-state index is 12.8. The molecular formula is C21H18N6O4S. The Morgan fingerprint density at radius 3 is 2.69 bits per heavy atom. The average molecular weight is 450 g/mol. The van der Waals surface area contributed by atoms with Crippen molar-refractivity contribution in [2.24, 2.45) is 10.8 Å². The molecule has 0 saturated carbocycles. The lowest BCUT2D eigenvalue weighted by atomic mass is 10.1. The molecule has 11 heteroatoms. The Balaban J connectivity index is 1.53. The highest BCUT2D eigenvalue weighted by Gasteiger charge is 2.35. The minimum atomic E-state index is -0.766. The predicted octanol–water partition coefficient (Wildman–Crippen LogP) is 3.09. The van der Waals surface area contributed by atoms with Crippen LogP contribution in [0.25, 0.3) is 11.3 Å². The smallest absolute Gasteiger partial charge is 0.273 e. The molecule has 1 aromatic heterocycles. The highest BCUT2D eigenvalue weighted by molar-refractivity contribution is 7.14. The number of carbonyl (C=O) groups excluding carboxylic acids is 2. The zero-order valence-corrected chi connectivity index (χ0v) is 17.7. The third-order valence-corrected chi connectivity index (χ3v) is 5.71. The number of rotatable bonds is 6. The zero-order chi connectivity index (χ0) is 22.8. The van der Waals surface area contributed by atoms with Gasteiger partial charge in [0.25, 0.3) is 11.6 Å². The van der Waals surface area contributed by atoms with Crippen LogP contribution in [0.15, 0.2) is 59.0 Å². The van der Waals surface area contributed by atoms with Crippen molar-refractivity contribution in [3.8, 4) is 11.3 Å². The molecule has 3 aromatic rings. The van der Waals surface area contributed by atoms with Gasteiger partial charge in [0.1, 0.15) is 11.8 Å². The van der Waals surface area contributed by atoms with E-state index in [0.717, 1.165) is 0 Å². The van der Waals surface area contributed by atoms with Gasteiger partial charge in [-0.05, 0) is 19.1 Å². The molecule has 1 unspecified atom stereocenters. The SMILES string of the molecule is Cc1ccc(-c2csc(NC(=O)C3=NN(c4ccccc4)C(C(N)=O)C3)n2)cc1[N+](=O)[O-]. The van der Waals surface area contributed by atoms with Crippen LogP contribution in [-0.4, -0.2) is 33.5 Å². The average Bonchev–Trinajstić information content (AvgIpc) is 3.42. The Labute approximate surface area is 186 Å². The molecular weight excluding hydrogens is 432 g/mol. The van der Waals surface area contributed by atoms with Gasteiger partial charge in [-0.15, -0.1) is 11.3 Å². The highest BCUT2D eigenvalue weighted by atomic mass is 32.1. The van der Waals surface area contributed by atoms with E-state index >= 15 is 0 Å². The molecule has 162 valence electrons. The number of nitrogens with one attached hydrogen (secondary N) is 1.